The number of hydrogen-bond acceptors (Lipinski definition) is 2. The Morgan fingerprint density at radius 2 is 1.76 bits per heavy atom. The molecule has 3 rings (SSSR count). The van der Waals surface area contributed by atoms with Gasteiger partial charge in [0.25, 0.3) is 0 Å². The van der Waals surface area contributed by atoms with E-state index in [1.54, 1.807) is 0 Å². The average Bonchev–Trinajstić information content (AvgIpc) is 2.76. The van der Waals surface area contributed by atoms with Crippen molar-refractivity contribution in [3.8, 4) is 5.75 Å². The molecule has 110 valence electrons. The van der Waals surface area contributed by atoms with Crippen LogP contribution in [0.2, 0.25) is 5.02 Å². The molecule has 2 aromatic rings. The van der Waals surface area contributed by atoms with Crippen LogP contribution in [0.25, 0.3) is 0 Å². The third-order valence-electron chi connectivity index (χ3n) is 3.76. The maximum atomic E-state index is 6.17. The standard InChI is InChI=1S/C18H20ClNO/c1-18(2)10-13-7-5-8-15(17(13)21-18)12-20-11-14-6-3-4-9-16(14)19/h3-9,20H,10-12H2,1-2H3. The van der Waals surface area contributed by atoms with E-state index in [4.69, 9.17) is 16.3 Å². The molecule has 0 spiro atoms. The molecule has 0 aliphatic carbocycles. The first kappa shape index (κ1) is 14.4. The monoisotopic (exact) mass is 301 g/mol. The molecule has 2 aromatic carbocycles. The van der Waals surface area contributed by atoms with E-state index in [0.29, 0.717) is 0 Å². The first-order valence-electron chi connectivity index (χ1n) is 7.29. The summed E-state index contributed by atoms with van der Waals surface area (Å²) in [6, 6.07) is 14.3. The first-order valence-corrected chi connectivity index (χ1v) is 7.67. The molecule has 0 amide bonds. The fourth-order valence-corrected chi connectivity index (χ4v) is 2.99. The fourth-order valence-electron chi connectivity index (χ4n) is 2.79. The molecule has 1 heterocycles. The van der Waals surface area contributed by atoms with Gasteiger partial charge in [0.2, 0.25) is 0 Å². The van der Waals surface area contributed by atoms with Gasteiger partial charge in [0.05, 0.1) is 0 Å². The zero-order chi connectivity index (χ0) is 14.9. The Morgan fingerprint density at radius 3 is 2.57 bits per heavy atom. The quantitative estimate of drug-likeness (QED) is 0.907. The van der Waals surface area contributed by atoms with Gasteiger partial charge >= 0.3 is 0 Å². The molecule has 0 unspecified atom stereocenters. The summed E-state index contributed by atoms with van der Waals surface area (Å²) in [5.41, 5.74) is 3.54. The Morgan fingerprint density at radius 1 is 1.05 bits per heavy atom. The summed E-state index contributed by atoms with van der Waals surface area (Å²) < 4.78 is 6.09. The number of benzene rings is 2. The van der Waals surface area contributed by atoms with Gasteiger partial charge in [-0.3, -0.25) is 0 Å². The van der Waals surface area contributed by atoms with Gasteiger partial charge in [-0.15, -0.1) is 0 Å². The van der Waals surface area contributed by atoms with E-state index in [1.807, 2.05) is 24.3 Å². The van der Waals surface area contributed by atoms with Crippen molar-refractivity contribution in [3.63, 3.8) is 0 Å². The van der Waals surface area contributed by atoms with Crippen molar-refractivity contribution < 1.29 is 4.74 Å². The van der Waals surface area contributed by atoms with Gasteiger partial charge in [0.1, 0.15) is 11.4 Å². The van der Waals surface area contributed by atoms with Crippen LogP contribution in [0.3, 0.4) is 0 Å². The number of para-hydroxylation sites is 1. The Balaban J connectivity index is 1.68. The van der Waals surface area contributed by atoms with Gasteiger partial charge in [-0.05, 0) is 31.0 Å². The topological polar surface area (TPSA) is 21.3 Å². The van der Waals surface area contributed by atoms with Gasteiger partial charge in [-0.25, -0.2) is 0 Å². The molecule has 1 aliphatic rings. The molecule has 0 atom stereocenters. The highest BCUT2D eigenvalue weighted by molar-refractivity contribution is 6.31. The molecule has 0 bridgehead atoms. The lowest BCUT2D eigenvalue weighted by molar-refractivity contribution is 0.137. The van der Waals surface area contributed by atoms with Crippen molar-refractivity contribution in [2.24, 2.45) is 0 Å². The summed E-state index contributed by atoms with van der Waals surface area (Å²) in [6.45, 7) is 5.80. The van der Waals surface area contributed by atoms with Gasteiger partial charge in [-0.1, -0.05) is 48.0 Å². The lowest BCUT2D eigenvalue weighted by atomic mass is 10.0. The lowest BCUT2D eigenvalue weighted by Gasteiger charge is -2.18. The summed E-state index contributed by atoms with van der Waals surface area (Å²) in [4.78, 5) is 0. The molecule has 2 nitrogen and oxygen atoms in total. The van der Waals surface area contributed by atoms with Crippen molar-refractivity contribution in [3.05, 3.63) is 64.2 Å². The van der Waals surface area contributed by atoms with Crippen molar-refractivity contribution in [2.75, 3.05) is 0 Å². The Labute approximate surface area is 131 Å². The maximum absolute atomic E-state index is 6.17. The van der Waals surface area contributed by atoms with E-state index < -0.39 is 0 Å². The highest BCUT2D eigenvalue weighted by Gasteiger charge is 2.31. The van der Waals surface area contributed by atoms with Crippen LogP contribution in [-0.4, -0.2) is 5.60 Å². The molecule has 0 saturated heterocycles. The second kappa shape index (κ2) is 5.70. The van der Waals surface area contributed by atoms with Crippen LogP contribution in [0.5, 0.6) is 5.75 Å². The summed E-state index contributed by atoms with van der Waals surface area (Å²) in [5, 5.41) is 4.26. The number of hydrogen-bond donors (Lipinski definition) is 1. The second-order valence-corrected chi connectivity index (χ2v) is 6.55. The lowest BCUT2D eigenvalue weighted by Crippen LogP contribution is -2.25. The van der Waals surface area contributed by atoms with Crippen molar-refractivity contribution in [2.45, 2.75) is 39.0 Å². The van der Waals surface area contributed by atoms with Crippen LogP contribution in [0.1, 0.15) is 30.5 Å². The third-order valence-corrected chi connectivity index (χ3v) is 4.13. The van der Waals surface area contributed by atoms with Gasteiger partial charge in [0.15, 0.2) is 0 Å². The Bertz CT molecular complexity index is 651. The number of fused-ring (bicyclic) bond motifs is 1. The molecule has 0 fully saturated rings. The molecule has 0 aromatic heterocycles. The minimum absolute atomic E-state index is 0.0961. The predicted octanol–water partition coefficient (Wildman–Crippen LogP) is 4.34. The number of halogens is 1. The van der Waals surface area contributed by atoms with E-state index in [9.17, 15) is 0 Å². The van der Waals surface area contributed by atoms with Crippen LogP contribution in [0.4, 0.5) is 0 Å². The van der Waals surface area contributed by atoms with Crippen LogP contribution < -0.4 is 10.1 Å². The van der Waals surface area contributed by atoms with Gasteiger partial charge < -0.3 is 10.1 Å². The summed E-state index contributed by atoms with van der Waals surface area (Å²) >= 11 is 6.17. The third kappa shape index (κ3) is 3.22. The van der Waals surface area contributed by atoms with Gasteiger partial charge in [0, 0.05) is 30.1 Å². The van der Waals surface area contributed by atoms with E-state index in [1.165, 1.54) is 11.1 Å². The number of ether oxygens (including phenoxy) is 1. The second-order valence-electron chi connectivity index (χ2n) is 6.14. The molecule has 0 radical (unpaired) electrons. The molecular formula is C18H20ClNO. The highest BCUT2D eigenvalue weighted by atomic mass is 35.5. The van der Waals surface area contributed by atoms with Crippen LogP contribution in [-0.2, 0) is 19.5 Å². The van der Waals surface area contributed by atoms with Crippen molar-refractivity contribution in [1.29, 1.82) is 0 Å². The summed E-state index contributed by atoms with van der Waals surface area (Å²) in [7, 11) is 0. The molecule has 21 heavy (non-hydrogen) atoms. The van der Waals surface area contributed by atoms with Crippen molar-refractivity contribution in [1.82, 2.24) is 5.32 Å². The zero-order valence-corrected chi connectivity index (χ0v) is 13.2. The molecule has 0 saturated carbocycles. The first-order chi connectivity index (χ1) is 10.1. The Hall–Kier alpha value is -1.51. The van der Waals surface area contributed by atoms with Gasteiger partial charge in [-0.2, -0.15) is 0 Å². The number of nitrogens with one attached hydrogen (secondary N) is 1. The highest BCUT2D eigenvalue weighted by Crippen LogP contribution is 2.37. The van der Waals surface area contributed by atoms with E-state index in [0.717, 1.165) is 35.8 Å². The van der Waals surface area contributed by atoms with Crippen LogP contribution >= 0.6 is 11.6 Å². The maximum Gasteiger partial charge on any atom is 0.127 e. The number of rotatable bonds is 4. The molecule has 1 N–H and O–H groups in total. The summed E-state index contributed by atoms with van der Waals surface area (Å²) in [5.74, 6) is 1.05. The Kier molecular flexibility index (Phi) is 3.92. The molecule has 1 aliphatic heterocycles. The van der Waals surface area contributed by atoms with Crippen LogP contribution in [0.15, 0.2) is 42.5 Å². The largest absolute Gasteiger partial charge is 0.487 e. The predicted molar refractivity (Wildman–Crippen MR) is 86.8 cm³/mol. The van der Waals surface area contributed by atoms with Crippen molar-refractivity contribution >= 4 is 11.6 Å². The van der Waals surface area contributed by atoms with Crippen LogP contribution in [0, 0.1) is 0 Å². The smallest absolute Gasteiger partial charge is 0.127 e. The zero-order valence-electron chi connectivity index (χ0n) is 12.4. The molecular weight excluding hydrogens is 282 g/mol. The van der Waals surface area contributed by atoms with E-state index in [-0.39, 0.29) is 5.60 Å². The fraction of sp³-hybridized carbons (Fsp3) is 0.333. The average molecular weight is 302 g/mol. The molecule has 3 heteroatoms. The minimum atomic E-state index is -0.0961. The summed E-state index contributed by atoms with van der Waals surface area (Å²) in [6.07, 6.45) is 0.973. The SMILES string of the molecule is CC1(C)Cc2cccc(CNCc3ccccc3Cl)c2O1. The normalized spacial score (nSPS) is 15.6. The van der Waals surface area contributed by atoms with E-state index in [2.05, 4.69) is 37.4 Å². The minimum Gasteiger partial charge on any atom is -0.487 e. The van der Waals surface area contributed by atoms with E-state index >= 15 is 0 Å².